The highest BCUT2D eigenvalue weighted by Crippen LogP contribution is 2.41. The van der Waals surface area contributed by atoms with Gasteiger partial charge in [-0.25, -0.2) is 0 Å². The van der Waals surface area contributed by atoms with Crippen molar-refractivity contribution in [2.24, 2.45) is 5.41 Å². The summed E-state index contributed by atoms with van der Waals surface area (Å²) in [4.78, 5) is 38.5. The summed E-state index contributed by atoms with van der Waals surface area (Å²) >= 11 is 0. The SMILES string of the molecule is CCCCN1C(=O)C(O)=C(C(=O)C(C)(C)C)C1c1cccc(OC(C)=O)c1. The summed E-state index contributed by atoms with van der Waals surface area (Å²) in [6.07, 6.45) is 1.61. The van der Waals surface area contributed by atoms with Crippen LogP contribution >= 0.6 is 0 Å². The predicted octanol–water partition coefficient (Wildman–Crippen LogP) is 3.72. The van der Waals surface area contributed by atoms with Gasteiger partial charge in [-0.05, 0) is 24.1 Å². The molecule has 1 N–H and O–H groups in total. The minimum atomic E-state index is -0.754. The number of ether oxygens (including phenoxy) is 1. The van der Waals surface area contributed by atoms with Crippen molar-refractivity contribution in [2.45, 2.75) is 53.5 Å². The summed E-state index contributed by atoms with van der Waals surface area (Å²) < 4.78 is 5.14. The first kappa shape index (κ1) is 20.7. The molecule has 146 valence electrons. The molecular formula is C21H27NO5. The fourth-order valence-electron chi connectivity index (χ4n) is 3.11. The standard InChI is InChI=1S/C21H27NO5/c1-6-7-11-22-17(14-9-8-10-15(12-14)27-13(2)23)16(18(24)20(22)26)19(25)21(3,4)5/h8-10,12,17,24H,6-7,11H2,1-5H3. The number of aliphatic hydroxyl groups excluding tert-OH is 1. The van der Waals surface area contributed by atoms with E-state index < -0.39 is 29.1 Å². The number of unbranched alkanes of at least 4 members (excludes halogenated alkanes) is 1. The van der Waals surface area contributed by atoms with E-state index in [1.807, 2.05) is 6.92 Å². The van der Waals surface area contributed by atoms with Crippen molar-refractivity contribution < 1.29 is 24.2 Å². The quantitative estimate of drug-likeness (QED) is 0.607. The number of nitrogens with zero attached hydrogens (tertiary/aromatic N) is 1. The Morgan fingerprint density at radius 1 is 1.26 bits per heavy atom. The number of aliphatic hydroxyl groups is 1. The Kier molecular flexibility index (Phi) is 6.08. The Morgan fingerprint density at radius 3 is 2.48 bits per heavy atom. The molecule has 2 rings (SSSR count). The number of carbonyl (C=O) groups is 3. The van der Waals surface area contributed by atoms with Gasteiger partial charge in [0.25, 0.3) is 5.91 Å². The van der Waals surface area contributed by atoms with Crippen molar-refractivity contribution in [3.05, 3.63) is 41.2 Å². The van der Waals surface area contributed by atoms with Crippen LogP contribution in [0.2, 0.25) is 0 Å². The van der Waals surface area contributed by atoms with E-state index >= 15 is 0 Å². The van der Waals surface area contributed by atoms with Crippen LogP contribution in [0.1, 0.15) is 59.1 Å². The van der Waals surface area contributed by atoms with E-state index in [2.05, 4.69) is 0 Å². The molecule has 1 heterocycles. The molecule has 1 aromatic carbocycles. The minimum absolute atomic E-state index is 0.101. The van der Waals surface area contributed by atoms with Gasteiger partial charge in [-0.2, -0.15) is 0 Å². The zero-order chi connectivity index (χ0) is 20.4. The molecule has 0 saturated heterocycles. The lowest BCUT2D eigenvalue weighted by Gasteiger charge is -2.29. The van der Waals surface area contributed by atoms with Crippen LogP contribution in [-0.4, -0.2) is 34.2 Å². The topological polar surface area (TPSA) is 83.9 Å². The third kappa shape index (κ3) is 4.38. The average molecular weight is 373 g/mol. The number of hydrogen-bond acceptors (Lipinski definition) is 5. The first-order chi connectivity index (χ1) is 12.6. The fourth-order valence-corrected chi connectivity index (χ4v) is 3.11. The van der Waals surface area contributed by atoms with Gasteiger partial charge in [0.15, 0.2) is 11.5 Å². The molecule has 1 aromatic rings. The third-order valence-electron chi connectivity index (χ3n) is 4.42. The van der Waals surface area contributed by atoms with E-state index in [4.69, 9.17) is 4.74 Å². The Balaban J connectivity index is 2.56. The highest BCUT2D eigenvalue weighted by molar-refractivity contribution is 6.10. The molecule has 0 spiro atoms. The number of esters is 1. The molecule has 0 saturated carbocycles. The molecule has 0 radical (unpaired) electrons. The van der Waals surface area contributed by atoms with Gasteiger partial charge < -0.3 is 14.7 Å². The maximum Gasteiger partial charge on any atom is 0.308 e. The molecule has 6 nitrogen and oxygen atoms in total. The second-order valence-electron chi connectivity index (χ2n) is 7.76. The van der Waals surface area contributed by atoms with Gasteiger partial charge in [-0.3, -0.25) is 14.4 Å². The summed E-state index contributed by atoms with van der Waals surface area (Å²) in [5.74, 6) is -1.44. The molecule has 0 aliphatic carbocycles. The minimum Gasteiger partial charge on any atom is -0.503 e. The summed E-state index contributed by atoms with van der Waals surface area (Å²) in [6, 6.07) is 6.02. The smallest absolute Gasteiger partial charge is 0.308 e. The first-order valence-electron chi connectivity index (χ1n) is 9.15. The number of Topliss-reactive ketones (excluding diaryl/α,β-unsaturated/α-hetero) is 1. The highest BCUT2D eigenvalue weighted by Gasteiger charge is 2.45. The summed E-state index contributed by atoms with van der Waals surface area (Å²) in [6.45, 7) is 8.98. The summed E-state index contributed by atoms with van der Waals surface area (Å²) in [7, 11) is 0. The van der Waals surface area contributed by atoms with Crippen molar-refractivity contribution >= 4 is 17.7 Å². The lowest BCUT2D eigenvalue weighted by Crippen LogP contribution is -2.33. The van der Waals surface area contributed by atoms with E-state index in [-0.39, 0.29) is 11.4 Å². The molecule has 0 fully saturated rings. The third-order valence-corrected chi connectivity index (χ3v) is 4.42. The zero-order valence-corrected chi connectivity index (χ0v) is 16.5. The van der Waals surface area contributed by atoms with E-state index in [1.54, 1.807) is 45.0 Å². The molecule has 1 atom stereocenters. The van der Waals surface area contributed by atoms with Crippen molar-refractivity contribution in [1.82, 2.24) is 4.90 Å². The Hall–Kier alpha value is -2.63. The average Bonchev–Trinajstić information content (AvgIpc) is 2.82. The maximum absolute atomic E-state index is 13.0. The molecule has 1 aliphatic heterocycles. The number of carbonyl (C=O) groups excluding carboxylic acids is 3. The van der Waals surface area contributed by atoms with Crippen LogP contribution in [0.15, 0.2) is 35.6 Å². The van der Waals surface area contributed by atoms with Crippen molar-refractivity contribution in [3.8, 4) is 5.75 Å². The molecule has 6 heteroatoms. The zero-order valence-electron chi connectivity index (χ0n) is 16.5. The number of amides is 1. The van der Waals surface area contributed by atoms with E-state index in [9.17, 15) is 19.5 Å². The molecule has 0 bridgehead atoms. The Bertz CT molecular complexity index is 788. The number of ketones is 1. The molecular weight excluding hydrogens is 346 g/mol. The van der Waals surface area contributed by atoms with Crippen molar-refractivity contribution in [3.63, 3.8) is 0 Å². The van der Waals surface area contributed by atoms with Gasteiger partial charge in [0.05, 0.1) is 11.6 Å². The summed E-state index contributed by atoms with van der Waals surface area (Å²) in [5, 5.41) is 10.5. The molecule has 0 aromatic heterocycles. The Morgan fingerprint density at radius 2 is 1.93 bits per heavy atom. The van der Waals surface area contributed by atoms with Gasteiger partial charge in [-0.15, -0.1) is 0 Å². The molecule has 1 amide bonds. The monoisotopic (exact) mass is 373 g/mol. The van der Waals surface area contributed by atoms with Crippen LogP contribution in [-0.2, 0) is 14.4 Å². The fraction of sp³-hybridized carbons (Fsp3) is 0.476. The summed E-state index contributed by atoms with van der Waals surface area (Å²) in [5.41, 5.74) is -0.0331. The van der Waals surface area contributed by atoms with E-state index in [1.165, 1.54) is 11.8 Å². The highest BCUT2D eigenvalue weighted by atomic mass is 16.5. The first-order valence-corrected chi connectivity index (χ1v) is 9.15. The lowest BCUT2D eigenvalue weighted by molar-refractivity contribution is -0.132. The lowest BCUT2D eigenvalue weighted by atomic mass is 9.82. The maximum atomic E-state index is 13.0. The van der Waals surface area contributed by atoms with Crippen LogP contribution < -0.4 is 4.74 Å². The Labute approximate surface area is 159 Å². The predicted molar refractivity (Wildman–Crippen MR) is 101 cm³/mol. The van der Waals surface area contributed by atoms with Crippen LogP contribution in [0.3, 0.4) is 0 Å². The van der Waals surface area contributed by atoms with E-state index in [0.29, 0.717) is 17.9 Å². The normalized spacial score (nSPS) is 17.4. The van der Waals surface area contributed by atoms with Crippen LogP contribution in [0, 0.1) is 5.41 Å². The van der Waals surface area contributed by atoms with Gasteiger partial charge in [0.2, 0.25) is 0 Å². The van der Waals surface area contributed by atoms with Gasteiger partial charge in [-0.1, -0.05) is 46.2 Å². The van der Waals surface area contributed by atoms with Crippen LogP contribution in [0.4, 0.5) is 0 Å². The molecule has 1 aliphatic rings. The number of rotatable bonds is 6. The number of benzene rings is 1. The molecule has 27 heavy (non-hydrogen) atoms. The van der Waals surface area contributed by atoms with Crippen LogP contribution in [0.25, 0.3) is 0 Å². The van der Waals surface area contributed by atoms with Crippen molar-refractivity contribution in [2.75, 3.05) is 6.54 Å². The largest absolute Gasteiger partial charge is 0.503 e. The van der Waals surface area contributed by atoms with Crippen molar-refractivity contribution in [1.29, 1.82) is 0 Å². The second kappa shape index (κ2) is 7.94. The molecule has 1 unspecified atom stereocenters. The van der Waals surface area contributed by atoms with E-state index in [0.717, 1.165) is 12.8 Å². The second-order valence-corrected chi connectivity index (χ2v) is 7.76. The van der Waals surface area contributed by atoms with Crippen LogP contribution in [0.5, 0.6) is 5.75 Å². The van der Waals surface area contributed by atoms with Gasteiger partial charge >= 0.3 is 5.97 Å². The van der Waals surface area contributed by atoms with Gasteiger partial charge in [0, 0.05) is 18.9 Å². The van der Waals surface area contributed by atoms with Gasteiger partial charge in [0.1, 0.15) is 5.75 Å². The number of hydrogen-bond donors (Lipinski definition) is 1.